The molecular weight excluding hydrogens is 374 g/mol. The van der Waals surface area contributed by atoms with Crippen molar-refractivity contribution < 1.29 is 19.0 Å². The topological polar surface area (TPSA) is 56.8 Å². The summed E-state index contributed by atoms with van der Waals surface area (Å²) in [4.78, 5) is 13.4. The Morgan fingerprint density at radius 3 is 2.15 bits per heavy atom. The highest BCUT2D eigenvalue weighted by Crippen LogP contribution is 2.38. The maximum absolute atomic E-state index is 12.4. The van der Waals surface area contributed by atoms with Crippen LogP contribution < -0.4 is 19.5 Å². The highest BCUT2D eigenvalue weighted by molar-refractivity contribution is 8.00. The lowest BCUT2D eigenvalue weighted by atomic mass is 10.1. The van der Waals surface area contributed by atoms with Crippen molar-refractivity contribution in [3.8, 4) is 17.2 Å². The predicted octanol–water partition coefficient (Wildman–Crippen LogP) is 4.16. The van der Waals surface area contributed by atoms with Crippen LogP contribution in [0.3, 0.4) is 0 Å². The molecule has 7 heteroatoms. The number of carbonyl (C=O) groups excluding carboxylic acids is 1. The van der Waals surface area contributed by atoms with Crippen LogP contribution in [0.25, 0.3) is 0 Å². The van der Waals surface area contributed by atoms with Crippen molar-refractivity contribution in [1.29, 1.82) is 0 Å². The number of amides is 1. The number of nitrogens with one attached hydrogen (secondary N) is 1. The standard InChI is InChI=1S/C19H22ClNO4S/c1-12(26-15-7-5-14(20)6-8-15)19(22)21-11-13-9-16(23-2)18(25-4)17(10-13)24-3/h5-10,12H,11H2,1-4H3,(H,21,22)/t12-/m0/s1. The summed E-state index contributed by atoms with van der Waals surface area (Å²) in [5, 5.41) is 3.37. The summed E-state index contributed by atoms with van der Waals surface area (Å²) >= 11 is 7.36. The first kappa shape index (κ1) is 20.3. The monoisotopic (exact) mass is 395 g/mol. The van der Waals surface area contributed by atoms with Gasteiger partial charge in [0.05, 0.1) is 26.6 Å². The van der Waals surface area contributed by atoms with Crippen molar-refractivity contribution in [1.82, 2.24) is 5.32 Å². The smallest absolute Gasteiger partial charge is 0.233 e. The van der Waals surface area contributed by atoms with Crippen LogP contribution in [0.5, 0.6) is 17.2 Å². The second-order valence-corrected chi connectivity index (χ2v) is 7.32. The zero-order valence-corrected chi connectivity index (χ0v) is 16.7. The fraction of sp³-hybridized carbons (Fsp3) is 0.316. The van der Waals surface area contributed by atoms with Gasteiger partial charge in [-0.2, -0.15) is 0 Å². The summed E-state index contributed by atoms with van der Waals surface area (Å²) in [5.74, 6) is 1.58. The van der Waals surface area contributed by atoms with Gasteiger partial charge in [0.2, 0.25) is 11.7 Å². The number of carbonyl (C=O) groups is 1. The van der Waals surface area contributed by atoms with Gasteiger partial charge >= 0.3 is 0 Å². The van der Waals surface area contributed by atoms with Crippen LogP contribution in [0.15, 0.2) is 41.3 Å². The van der Waals surface area contributed by atoms with E-state index < -0.39 is 0 Å². The van der Waals surface area contributed by atoms with Crippen LogP contribution in [-0.4, -0.2) is 32.5 Å². The van der Waals surface area contributed by atoms with Gasteiger partial charge in [0, 0.05) is 16.5 Å². The Labute approximate surface area is 163 Å². The van der Waals surface area contributed by atoms with E-state index in [9.17, 15) is 4.79 Å². The van der Waals surface area contributed by atoms with Gasteiger partial charge in [-0.15, -0.1) is 11.8 Å². The summed E-state index contributed by atoms with van der Waals surface area (Å²) in [6.07, 6.45) is 0. The number of halogens is 1. The molecule has 1 atom stereocenters. The molecule has 2 rings (SSSR count). The number of hydrogen-bond donors (Lipinski definition) is 1. The highest BCUT2D eigenvalue weighted by atomic mass is 35.5. The van der Waals surface area contributed by atoms with E-state index >= 15 is 0 Å². The average molecular weight is 396 g/mol. The molecule has 0 saturated heterocycles. The van der Waals surface area contributed by atoms with E-state index in [0.29, 0.717) is 28.8 Å². The molecule has 140 valence electrons. The molecule has 0 radical (unpaired) electrons. The number of thioether (sulfide) groups is 1. The van der Waals surface area contributed by atoms with Gasteiger partial charge in [0.25, 0.3) is 0 Å². The zero-order valence-electron chi connectivity index (χ0n) is 15.2. The van der Waals surface area contributed by atoms with Gasteiger partial charge in [-0.25, -0.2) is 0 Å². The van der Waals surface area contributed by atoms with Gasteiger partial charge < -0.3 is 19.5 Å². The molecular formula is C19H22ClNO4S. The molecule has 0 aromatic heterocycles. The zero-order chi connectivity index (χ0) is 19.1. The van der Waals surface area contributed by atoms with Gasteiger partial charge in [-0.3, -0.25) is 4.79 Å². The molecule has 1 N–H and O–H groups in total. The van der Waals surface area contributed by atoms with Crippen molar-refractivity contribution in [2.24, 2.45) is 0 Å². The third-order valence-electron chi connectivity index (χ3n) is 3.69. The van der Waals surface area contributed by atoms with Crippen LogP contribution >= 0.6 is 23.4 Å². The largest absolute Gasteiger partial charge is 0.493 e. The molecule has 0 saturated carbocycles. The van der Waals surface area contributed by atoms with E-state index in [1.165, 1.54) is 11.8 Å². The Kier molecular flexibility index (Phi) is 7.48. The fourth-order valence-corrected chi connectivity index (χ4v) is 3.36. The molecule has 0 aliphatic rings. The minimum Gasteiger partial charge on any atom is -0.493 e. The van der Waals surface area contributed by atoms with Gasteiger partial charge in [-0.05, 0) is 48.9 Å². The molecule has 0 spiro atoms. The lowest BCUT2D eigenvalue weighted by Gasteiger charge is -2.15. The van der Waals surface area contributed by atoms with Crippen molar-refractivity contribution in [2.75, 3.05) is 21.3 Å². The van der Waals surface area contributed by atoms with E-state index in [1.54, 1.807) is 21.3 Å². The predicted molar refractivity (Wildman–Crippen MR) is 105 cm³/mol. The molecule has 0 aliphatic heterocycles. The van der Waals surface area contributed by atoms with Crippen LogP contribution in [0.4, 0.5) is 0 Å². The van der Waals surface area contributed by atoms with E-state index in [2.05, 4.69) is 5.32 Å². The number of hydrogen-bond acceptors (Lipinski definition) is 5. The van der Waals surface area contributed by atoms with Crippen LogP contribution in [0, 0.1) is 0 Å². The lowest BCUT2D eigenvalue weighted by Crippen LogP contribution is -2.30. The number of ether oxygens (including phenoxy) is 3. The summed E-state index contributed by atoms with van der Waals surface area (Å²) in [6.45, 7) is 2.23. The quantitative estimate of drug-likeness (QED) is 0.680. The van der Waals surface area contributed by atoms with Gasteiger partial charge in [0.15, 0.2) is 11.5 Å². The molecule has 1 amide bonds. The fourth-order valence-electron chi connectivity index (χ4n) is 2.34. The van der Waals surface area contributed by atoms with Crippen LogP contribution in [-0.2, 0) is 11.3 Å². The Hall–Kier alpha value is -2.05. The van der Waals surface area contributed by atoms with Gasteiger partial charge in [-0.1, -0.05) is 11.6 Å². The first-order valence-electron chi connectivity index (χ1n) is 7.97. The van der Waals surface area contributed by atoms with Crippen LogP contribution in [0.2, 0.25) is 5.02 Å². The molecule has 2 aromatic rings. The molecule has 0 aliphatic carbocycles. The SMILES string of the molecule is COc1cc(CNC(=O)[C@H](C)Sc2ccc(Cl)cc2)cc(OC)c1OC. The minimum atomic E-state index is -0.238. The third-order valence-corrected chi connectivity index (χ3v) is 5.05. The summed E-state index contributed by atoms with van der Waals surface area (Å²) in [5.41, 5.74) is 0.858. The molecule has 2 aromatic carbocycles. The summed E-state index contributed by atoms with van der Waals surface area (Å²) < 4.78 is 16.0. The Bertz CT molecular complexity index is 727. The highest BCUT2D eigenvalue weighted by Gasteiger charge is 2.16. The van der Waals surface area contributed by atoms with Crippen molar-refractivity contribution >= 4 is 29.3 Å². The average Bonchev–Trinajstić information content (AvgIpc) is 2.66. The molecule has 0 heterocycles. The van der Waals surface area contributed by atoms with Crippen molar-refractivity contribution in [3.63, 3.8) is 0 Å². The van der Waals surface area contributed by atoms with Crippen molar-refractivity contribution in [3.05, 3.63) is 47.0 Å². The number of benzene rings is 2. The molecule has 0 bridgehead atoms. The Morgan fingerprint density at radius 1 is 1.08 bits per heavy atom. The van der Waals surface area contributed by atoms with E-state index in [4.69, 9.17) is 25.8 Å². The maximum atomic E-state index is 12.4. The third kappa shape index (κ3) is 5.22. The summed E-state index contributed by atoms with van der Waals surface area (Å²) in [7, 11) is 4.67. The lowest BCUT2D eigenvalue weighted by molar-refractivity contribution is -0.120. The van der Waals surface area contributed by atoms with E-state index in [1.807, 2.05) is 43.3 Å². The first-order chi connectivity index (χ1) is 12.5. The normalized spacial score (nSPS) is 11.6. The second kappa shape index (κ2) is 9.59. The Morgan fingerprint density at radius 2 is 1.65 bits per heavy atom. The second-order valence-electron chi connectivity index (χ2n) is 5.47. The minimum absolute atomic E-state index is 0.0568. The van der Waals surface area contributed by atoms with E-state index in [-0.39, 0.29) is 11.2 Å². The maximum Gasteiger partial charge on any atom is 0.233 e. The van der Waals surface area contributed by atoms with Gasteiger partial charge in [0.1, 0.15) is 0 Å². The summed E-state index contributed by atoms with van der Waals surface area (Å²) in [6, 6.07) is 11.1. The molecule has 0 fully saturated rings. The first-order valence-corrected chi connectivity index (χ1v) is 9.23. The molecule has 5 nitrogen and oxygen atoms in total. The number of rotatable bonds is 8. The van der Waals surface area contributed by atoms with Crippen molar-refractivity contribution in [2.45, 2.75) is 23.6 Å². The number of methoxy groups -OCH3 is 3. The Balaban J connectivity index is 2.00. The van der Waals surface area contributed by atoms with E-state index in [0.717, 1.165) is 10.5 Å². The molecule has 26 heavy (non-hydrogen) atoms. The van der Waals surface area contributed by atoms with Crippen LogP contribution in [0.1, 0.15) is 12.5 Å². The molecule has 0 unspecified atom stereocenters.